The molecule has 0 aromatic carbocycles. The first-order chi connectivity index (χ1) is 6.27. The molecule has 4 heteroatoms. The lowest BCUT2D eigenvalue weighted by Crippen LogP contribution is -1.90. The van der Waals surface area contributed by atoms with Crippen molar-refractivity contribution in [1.82, 2.24) is 10.2 Å². The third-order valence-corrected chi connectivity index (χ3v) is 1.77. The molecule has 0 aliphatic heterocycles. The van der Waals surface area contributed by atoms with E-state index in [4.69, 9.17) is 4.42 Å². The largest absolute Gasteiger partial charge is 0.472 e. The summed E-state index contributed by atoms with van der Waals surface area (Å²) in [6.45, 7) is 1.49. The number of ketones is 1. The van der Waals surface area contributed by atoms with E-state index >= 15 is 0 Å². The van der Waals surface area contributed by atoms with Gasteiger partial charge in [-0.05, 0) is 12.1 Å². The van der Waals surface area contributed by atoms with E-state index in [1.807, 2.05) is 0 Å². The summed E-state index contributed by atoms with van der Waals surface area (Å²) in [6.07, 6.45) is 3.15. The van der Waals surface area contributed by atoms with Gasteiger partial charge in [0.1, 0.15) is 5.69 Å². The van der Waals surface area contributed by atoms with Crippen LogP contribution in [0.1, 0.15) is 17.4 Å². The Balaban J connectivity index is 2.39. The van der Waals surface area contributed by atoms with E-state index in [-0.39, 0.29) is 5.78 Å². The normalized spacial score (nSPS) is 10.2. The fourth-order valence-corrected chi connectivity index (χ4v) is 1.06. The molecule has 13 heavy (non-hydrogen) atoms. The number of hydrogen-bond acceptors (Lipinski definition) is 3. The summed E-state index contributed by atoms with van der Waals surface area (Å²) in [5.41, 5.74) is 2.10. The highest BCUT2D eigenvalue weighted by molar-refractivity contribution is 5.93. The average molecular weight is 176 g/mol. The maximum absolute atomic E-state index is 10.9. The third-order valence-electron chi connectivity index (χ3n) is 1.77. The molecule has 4 nitrogen and oxygen atoms in total. The van der Waals surface area contributed by atoms with Crippen molar-refractivity contribution in [3.63, 3.8) is 0 Å². The lowest BCUT2D eigenvalue weighted by atomic mass is 10.2. The molecule has 0 bridgehead atoms. The maximum Gasteiger partial charge on any atom is 0.177 e. The van der Waals surface area contributed by atoms with E-state index in [1.54, 1.807) is 24.7 Å². The fraction of sp³-hybridized carbons (Fsp3) is 0.111. The van der Waals surface area contributed by atoms with Gasteiger partial charge < -0.3 is 4.42 Å². The first kappa shape index (κ1) is 7.79. The van der Waals surface area contributed by atoms with E-state index in [2.05, 4.69) is 10.2 Å². The van der Waals surface area contributed by atoms with Gasteiger partial charge in [-0.1, -0.05) is 0 Å². The van der Waals surface area contributed by atoms with Gasteiger partial charge >= 0.3 is 0 Å². The Morgan fingerprint density at radius 2 is 2.46 bits per heavy atom. The minimum atomic E-state index is -0.0257. The van der Waals surface area contributed by atoms with Crippen LogP contribution in [0.5, 0.6) is 0 Å². The minimum Gasteiger partial charge on any atom is -0.472 e. The van der Waals surface area contributed by atoms with Crippen LogP contribution in [0.2, 0.25) is 0 Å². The fourth-order valence-electron chi connectivity index (χ4n) is 1.06. The molecule has 0 amide bonds. The number of furan rings is 1. The molecule has 0 aliphatic rings. The zero-order valence-electron chi connectivity index (χ0n) is 7.07. The van der Waals surface area contributed by atoms with Gasteiger partial charge in [0.2, 0.25) is 0 Å². The Kier molecular flexibility index (Phi) is 1.73. The predicted molar refractivity (Wildman–Crippen MR) is 46.3 cm³/mol. The van der Waals surface area contributed by atoms with Crippen molar-refractivity contribution >= 4 is 5.78 Å². The van der Waals surface area contributed by atoms with E-state index in [0.717, 1.165) is 11.3 Å². The van der Waals surface area contributed by atoms with E-state index < -0.39 is 0 Å². The number of Topliss-reactive ketones (excluding diaryl/α,β-unsaturated/α-hetero) is 1. The number of rotatable bonds is 2. The van der Waals surface area contributed by atoms with Crippen molar-refractivity contribution < 1.29 is 9.21 Å². The van der Waals surface area contributed by atoms with Crippen molar-refractivity contribution in [1.29, 1.82) is 0 Å². The highest BCUT2D eigenvalue weighted by Crippen LogP contribution is 2.17. The second-order valence-corrected chi connectivity index (χ2v) is 2.74. The molecule has 0 aliphatic carbocycles. The molecule has 0 saturated carbocycles. The Hall–Kier alpha value is -1.84. The number of carbonyl (C=O) groups excluding carboxylic acids is 1. The maximum atomic E-state index is 10.9. The van der Waals surface area contributed by atoms with Crippen molar-refractivity contribution in [3.05, 3.63) is 30.4 Å². The molecule has 2 rings (SSSR count). The smallest absolute Gasteiger partial charge is 0.177 e. The molecule has 0 fully saturated rings. The van der Waals surface area contributed by atoms with E-state index in [0.29, 0.717) is 5.69 Å². The number of nitrogens with one attached hydrogen (secondary N) is 1. The summed E-state index contributed by atoms with van der Waals surface area (Å²) < 4.78 is 4.90. The SMILES string of the molecule is CC(=O)c1cc(-c2ccoc2)n[nH]1. The molecule has 1 N–H and O–H groups in total. The molecule has 0 atom stereocenters. The lowest BCUT2D eigenvalue weighted by molar-refractivity contribution is 0.101. The van der Waals surface area contributed by atoms with Gasteiger partial charge in [-0.15, -0.1) is 0 Å². The predicted octanol–water partition coefficient (Wildman–Crippen LogP) is 1.87. The molecule has 2 heterocycles. The molecule has 0 unspecified atom stereocenters. The van der Waals surface area contributed by atoms with Gasteiger partial charge in [0.15, 0.2) is 5.78 Å². The summed E-state index contributed by atoms with van der Waals surface area (Å²) >= 11 is 0. The van der Waals surface area contributed by atoms with Crippen LogP contribution in [0.15, 0.2) is 29.1 Å². The van der Waals surface area contributed by atoms with Gasteiger partial charge in [0.25, 0.3) is 0 Å². The zero-order chi connectivity index (χ0) is 9.26. The number of aromatic amines is 1. The summed E-state index contributed by atoms with van der Waals surface area (Å²) in [7, 11) is 0. The Morgan fingerprint density at radius 3 is 3.00 bits per heavy atom. The summed E-state index contributed by atoms with van der Waals surface area (Å²) in [5.74, 6) is -0.0257. The number of nitrogens with zero attached hydrogens (tertiary/aromatic N) is 1. The van der Waals surface area contributed by atoms with Crippen LogP contribution in [0, 0.1) is 0 Å². The Morgan fingerprint density at radius 1 is 1.62 bits per heavy atom. The Bertz CT molecular complexity index is 415. The van der Waals surface area contributed by atoms with Crippen LogP contribution in [-0.2, 0) is 0 Å². The average Bonchev–Trinajstić information content (AvgIpc) is 2.75. The van der Waals surface area contributed by atoms with Gasteiger partial charge in [-0.2, -0.15) is 5.10 Å². The first-order valence-corrected chi connectivity index (χ1v) is 3.86. The summed E-state index contributed by atoms with van der Waals surface area (Å²) in [5, 5.41) is 6.63. The number of aromatic nitrogens is 2. The van der Waals surface area contributed by atoms with Gasteiger partial charge in [-0.25, -0.2) is 0 Å². The highest BCUT2D eigenvalue weighted by atomic mass is 16.3. The van der Waals surface area contributed by atoms with Crippen LogP contribution < -0.4 is 0 Å². The zero-order valence-corrected chi connectivity index (χ0v) is 7.07. The van der Waals surface area contributed by atoms with E-state index in [1.165, 1.54) is 6.92 Å². The molecule has 0 saturated heterocycles. The van der Waals surface area contributed by atoms with Crippen LogP contribution >= 0.6 is 0 Å². The van der Waals surface area contributed by atoms with Crippen LogP contribution in [0.3, 0.4) is 0 Å². The number of H-pyrrole nitrogens is 1. The van der Waals surface area contributed by atoms with Crippen molar-refractivity contribution in [2.45, 2.75) is 6.92 Å². The Labute approximate surface area is 74.6 Å². The van der Waals surface area contributed by atoms with Crippen molar-refractivity contribution in [3.8, 4) is 11.3 Å². The second kappa shape index (κ2) is 2.90. The van der Waals surface area contributed by atoms with Crippen molar-refractivity contribution in [2.24, 2.45) is 0 Å². The monoisotopic (exact) mass is 176 g/mol. The molecule has 0 radical (unpaired) electrons. The van der Waals surface area contributed by atoms with Gasteiger partial charge in [0, 0.05) is 12.5 Å². The number of hydrogen-bond donors (Lipinski definition) is 1. The molecule has 0 spiro atoms. The van der Waals surface area contributed by atoms with Crippen LogP contribution in [-0.4, -0.2) is 16.0 Å². The topological polar surface area (TPSA) is 58.9 Å². The van der Waals surface area contributed by atoms with Crippen molar-refractivity contribution in [2.75, 3.05) is 0 Å². The number of carbonyl (C=O) groups is 1. The standard InChI is InChI=1S/C9H8N2O2/c1-6(12)8-4-9(11-10-8)7-2-3-13-5-7/h2-5H,1H3,(H,10,11). The quantitative estimate of drug-likeness (QED) is 0.710. The third kappa shape index (κ3) is 1.38. The lowest BCUT2D eigenvalue weighted by Gasteiger charge is -1.83. The van der Waals surface area contributed by atoms with E-state index in [9.17, 15) is 4.79 Å². The molecule has 2 aromatic rings. The molecule has 2 aromatic heterocycles. The summed E-state index contributed by atoms with van der Waals surface area (Å²) in [4.78, 5) is 10.9. The second-order valence-electron chi connectivity index (χ2n) is 2.74. The molecular formula is C9H8N2O2. The van der Waals surface area contributed by atoms with Crippen LogP contribution in [0.4, 0.5) is 0 Å². The van der Waals surface area contributed by atoms with Gasteiger partial charge in [0.05, 0.1) is 18.2 Å². The summed E-state index contributed by atoms with van der Waals surface area (Å²) in [6, 6.07) is 3.49. The minimum absolute atomic E-state index is 0.0257. The van der Waals surface area contributed by atoms with Gasteiger partial charge in [-0.3, -0.25) is 9.89 Å². The first-order valence-electron chi connectivity index (χ1n) is 3.86. The molecule has 66 valence electrons. The highest BCUT2D eigenvalue weighted by Gasteiger charge is 2.07. The molecular weight excluding hydrogens is 168 g/mol. The van der Waals surface area contributed by atoms with Crippen LogP contribution in [0.25, 0.3) is 11.3 Å².